The molecule has 0 radical (unpaired) electrons. The Bertz CT molecular complexity index is 516. The number of ether oxygens (including phenoxy) is 2. The summed E-state index contributed by atoms with van der Waals surface area (Å²) in [5.41, 5.74) is 0. The van der Waals surface area contributed by atoms with Gasteiger partial charge in [0.2, 0.25) is 5.88 Å². The number of aromatic nitrogens is 1. The van der Waals surface area contributed by atoms with E-state index in [9.17, 15) is 0 Å². The summed E-state index contributed by atoms with van der Waals surface area (Å²) in [6.07, 6.45) is 0. The first-order chi connectivity index (χ1) is 8.19. The highest BCUT2D eigenvalue weighted by Gasteiger charge is 2.05. The molecule has 17 heavy (non-hydrogen) atoms. The Morgan fingerprint density at radius 2 is 1.71 bits per heavy atom. The molecule has 1 heterocycles. The first-order valence-corrected chi connectivity index (χ1v) is 6.28. The van der Waals surface area contributed by atoms with E-state index in [1.54, 1.807) is 13.2 Å². The van der Waals surface area contributed by atoms with E-state index < -0.39 is 0 Å². The van der Waals surface area contributed by atoms with Crippen molar-refractivity contribution in [3.05, 3.63) is 45.1 Å². The van der Waals surface area contributed by atoms with Crippen LogP contribution in [0.3, 0.4) is 0 Å². The number of hydrogen-bond donors (Lipinski definition) is 0. The van der Waals surface area contributed by atoms with Gasteiger partial charge in [-0.1, -0.05) is 11.6 Å². The molecule has 5 heteroatoms. The van der Waals surface area contributed by atoms with Crippen LogP contribution in [0.1, 0.15) is 0 Å². The van der Waals surface area contributed by atoms with Crippen LogP contribution in [0.2, 0.25) is 5.15 Å². The van der Waals surface area contributed by atoms with Crippen LogP contribution in [0, 0.1) is 3.57 Å². The van der Waals surface area contributed by atoms with Gasteiger partial charge in [-0.05, 0) is 59.0 Å². The van der Waals surface area contributed by atoms with E-state index >= 15 is 0 Å². The van der Waals surface area contributed by atoms with Crippen molar-refractivity contribution >= 4 is 34.2 Å². The van der Waals surface area contributed by atoms with E-state index in [0.717, 1.165) is 9.32 Å². The fourth-order valence-electron chi connectivity index (χ4n) is 1.23. The van der Waals surface area contributed by atoms with E-state index in [2.05, 4.69) is 27.6 Å². The molecule has 0 aliphatic heterocycles. The number of methoxy groups -OCH3 is 1. The molecule has 0 amide bonds. The molecule has 2 aromatic rings. The van der Waals surface area contributed by atoms with Gasteiger partial charge < -0.3 is 9.47 Å². The molecule has 0 saturated heterocycles. The largest absolute Gasteiger partial charge is 0.497 e. The highest BCUT2D eigenvalue weighted by atomic mass is 127. The molecule has 0 aliphatic carbocycles. The van der Waals surface area contributed by atoms with Gasteiger partial charge in [-0.3, -0.25) is 0 Å². The van der Waals surface area contributed by atoms with Crippen LogP contribution in [-0.4, -0.2) is 12.1 Å². The smallest absolute Gasteiger partial charge is 0.234 e. The summed E-state index contributed by atoms with van der Waals surface area (Å²) < 4.78 is 11.6. The lowest BCUT2D eigenvalue weighted by Gasteiger charge is -2.07. The minimum Gasteiger partial charge on any atom is -0.497 e. The van der Waals surface area contributed by atoms with Crippen LogP contribution in [0.15, 0.2) is 36.4 Å². The van der Waals surface area contributed by atoms with Crippen molar-refractivity contribution in [2.24, 2.45) is 0 Å². The van der Waals surface area contributed by atoms with Gasteiger partial charge in [-0.25, -0.2) is 4.98 Å². The fraction of sp³-hybridized carbons (Fsp3) is 0.0833. The minimum absolute atomic E-state index is 0.411. The summed E-state index contributed by atoms with van der Waals surface area (Å²) in [5.74, 6) is 1.98. The lowest BCUT2D eigenvalue weighted by Crippen LogP contribution is -1.91. The average molecular weight is 362 g/mol. The monoisotopic (exact) mass is 361 g/mol. The van der Waals surface area contributed by atoms with E-state index in [1.807, 2.05) is 30.3 Å². The number of pyridine rings is 1. The van der Waals surface area contributed by atoms with Crippen molar-refractivity contribution in [1.29, 1.82) is 0 Å². The standard InChI is InChI=1S/C12H9ClINO2/c1-16-8-2-4-9(5-3-8)17-12-10(14)6-7-11(13)15-12/h2-7H,1H3. The quantitative estimate of drug-likeness (QED) is 0.608. The highest BCUT2D eigenvalue weighted by molar-refractivity contribution is 14.1. The summed E-state index contributed by atoms with van der Waals surface area (Å²) in [6.45, 7) is 0. The van der Waals surface area contributed by atoms with Gasteiger partial charge in [-0.15, -0.1) is 0 Å². The van der Waals surface area contributed by atoms with E-state index in [4.69, 9.17) is 21.1 Å². The van der Waals surface area contributed by atoms with Crippen LogP contribution >= 0.6 is 34.2 Å². The van der Waals surface area contributed by atoms with Gasteiger partial charge in [0.25, 0.3) is 0 Å². The van der Waals surface area contributed by atoms with Gasteiger partial charge in [0.15, 0.2) is 0 Å². The van der Waals surface area contributed by atoms with Gasteiger partial charge in [0, 0.05) is 0 Å². The van der Waals surface area contributed by atoms with Gasteiger partial charge in [-0.2, -0.15) is 0 Å². The number of rotatable bonds is 3. The van der Waals surface area contributed by atoms with Crippen molar-refractivity contribution in [1.82, 2.24) is 4.98 Å². The predicted molar refractivity (Wildman–Crippen MR) is 75.0 cm³/mol. The Labute approximate surface area is 118 Å². The van der Waals surface area contributed by atoms with Crippen LogP contribution in [0.25, 0.3) is 0 Å². The molecule has 0 saturated carbocycles. The molecule has 2 rings (SSSR count). The Hall–Kier alpha value is -1.01. The number of halogens is 2. The summed E-state index contributed by atoms with van der Waals surface area (Å²) in [6, 6.07) is 10.9. The van der Waals surface area contributed by atoms with Crippen LogP contribution in [-0.2, 0) is 0 Å². The molecular formula is C12H9ClINO2. The van der Waals surface area contributed by atoms with Crippen molar-refractivity contribution in [3.8, 4) is 17.4 Å². The average Bonchev–Trinajstić information content (AvgIpc) is 2.35. The molecule has 3 nitrogen and oxygen atoms in total. The third kappa shape index (κ3) is 3.23. The Morgan fingerprint density at radius 3 is 2.35 bits per heavy atom. The second-order valence-electron chi connectivity index (χ2n) is 3.20. The normalized spacial score (nSPS) is 10.1. The number of nitrogens with zero attached hydrogens (tertiary/aromatic N) is 1. The zero-order valence-corrected chi connectivity index (χ0v) is 11.9. The van der Waals surface area contributed by atoms with Crippen molar-refractivity contribution < 1.29 is 9.47 Å². The molecule has 0 atom stereocenters. The second-order valence-corrected chi connectivity index (χ2v) is 4.75. The first kappa shape index (κ1) is 12.4. The minimum atomic E-state index is 0.411. The number of benzene rings is 1. The third-order valence-electron chi connectivity index (χ3n) is 2.05. The van der Waals surface area contributed by atoms with Gasteiger partial charge in [0.05, 0.1) is 10.7 Å². The topological polar surface area (TPSA) is 31.4 Å². The molecule has 1 aromatic heterocycles. The van der Waals surface area contributed by atoms with Gasteiger partial charge in [0.1, 0.15) is 16.7 Å². The Balaban J connectivity index is 2.22. The Morgan fingerprint density at radius 1 is 1.06 bits per heavy atom. The molecule has 0 spiro atoms. The van der Waals surface area contributed by atoms with E-state index in [1.165, 1.54) is 0 Å². The third-order valence-corrected chi connectivity index (χ3v) is 3.09. The zero-order chi connectivity index (χ0) is 12.3. The lowest BCUT2D eigenvalue weighted by atomic mass is 10.3. The van der Waals surface area contributed by atoms with E-state index in [-0.39, 0.29) is 0 Å². The second kappa shape index (κ2) is 5.55. The maximum Gasteiger partial charge on any atom is 0.234 e. The zero-order valence-electron chi connectivity index (χ0n) is 8.98. The fourth-order valence-corrected chi connectivity index (χ4v) is 1.78. The van der Waals surface area contributed by atoms with Crippen molar-refractivity contribution in [2.75, 3.05) is 7.11 Å². The van der Waals surface area contributed by atoms with Gasteiger partial charge >= 0.3 is 0 Å². The number of hydrogen-bond acceptors (Lipinski definition) is 3. The molecule has 0 aliphatic rings. The molecule has 0 fully saturated rings. The first-order valence-electron chi connectivity index (χ1n) is 4.83. The Kier molecular flexibility index (Phi) is 4.06. The van der Waals surface area contributed by atoms with Crippen molar-refractivity contribution in [3.63, 3.8) is 0 Å². The molecular weight excluding hydrogens is 352 g/mol. The summed E-state index contributed by atoms with van der Waals surface area (Å²) in [5, 5.41) is 0.411. The maximum absolute atomic E-state index is 5.82. The lowest BCUT2D eigenvalue weighted by molar-refractivity contribution is 0.412. The maximum atomic E-state index is 5.82. The van der Waals surface area contributed by atoms with Crippen molar-refractivity contribution in [2.45, 2.75) is 0 Å². The summed E-state index contributed by atoms with van der Waals surface area (Å²) in [4.78, 5) is 4.12. The van der Waals surface area contributed by atoms with Crippen LogP contribution in [0.5, 0.6) is 17.4 Å². The molecule has 0 N–H and O–H groups in total. The summed E-state index contributed by atoms with van der Waals surface area (Å²) in [7, 11) is 1.62. The molecule has 1 aromatic carbocycles. The molecule has 0 bridgehead atoms. The molecule has 0 unspecified atom stereocenters. The molecule has 88 valence electrons. The SMILES string of the molecule is COc1ccc(Oc2nc(Cl)ccc2I)cc1. The highest BCUT2D eigenvalue weighted by Crippen LogP contribution is 2.27. The van der Waals surface area contributed by atoms with E-state index in [0.29, 0.717) is 16.8 Å². The predicted octanol–water partition coefficient (Wildman–Crippen LogP) is 4.14. The van der Waals surface area contributed by atoms with Crippen LogP contribution in [0.4, 0.5) is 0 Å². The van der Waals surface area contributed by atoms with Crippen LogP contribution < -0.4 is 9.47 Å². The summed E-state index contributed by atoms with van der Waals surface area (Å²) >= 11 is 7.96.